The average Bonchev–Trinajstić information content (AvgIpc) is 2.90. The summed E-state index contributed by atoms with van der Waals surface area (Å²) in [6.45, 7) is 13.3. The third-order valence-electron chi connectivity index (χ3n) is 4.07. The molecule has 2 atom stereocenters. The highest BCUT2D eigenvalue weighted by Gasteiger charge is 2.26. The van der Waals surface area contributed by atoms with Gasteiger partial charge in [-0.25, -0.2) is 0 Å². The first-order chi connectivity index (χ1) is 8.33. The summed E-state index contributed by atoms with van der Waals surface area (Å²) in [5, 5.41) is 3.45. The fraction of sp³-hybridized carbons (Fsp3) is 1.00. The lowest BCUT2D eigenvalue weighted by Crippen LogP contribution is -2.49. The Balaban J connectivity index is 1.80. The van der Waals surface area contributed by atoms with Crippen LogP contribution in [-0.4, -0.2) is 74.4 Å². The highest BCUT2D eigenvalue weighted by molar-refractivity contribution is 4.83. The molecule has 2 heterocycles. The minimum Gasteiger partial charge on any atom is -0.374 e. The summed E-state index contributed by atoms with van der Waals surface area (Å²) in [5.41, 5.74) is 0. The van der Waals surface area contributed by atoms with Gasteiger partial charge in [-0.2, -0.15) is 0 Å². The standard InChI is InChI=1S/C13H27N3O/c1-3-15-7-8-17-13(10-15)11-16(4-2)12-5-6-14-9-12/h12-14H,3-11H2,1-2H3. The van der Waals surface area contributed by atoms with E-state index in [4.69, 9.17) is 4.74 Å². The predicted octanol–water partition coefficient (Wildman–Crippen LogP) is 0.391. The Hall–Kier alpha value is -0.160. The van der Waals surface area contributed by atoms with Crippen LogP contribution in [0.15, 0.2) is 0 Å². The first kappa shape index (κ1) is 13.3. The zero-order valence-corrected chi connectivity index (χ0v) is 11.3. The summed E-state index contributed by atoms with van der Waals surface area (Å²) in [5.74, 6) is 0. The number of likely N-dealkylation sites (N-methyl/N-ethyl adjacent to an activating group) is 2. The molecule has 0 amide bonds. The van der Waals surface area contributed by atoms with E-state index >= 15 is 0 Å². The molecular weight excluding hydrogens is 214 g/mol. The average molecular weight is 241 g/mol. The number of nitrogens with zero attached hydrogens (tertiary/aromatic N) is 2. The maximum atomic E-state index is 5.90. The van der Waals surface area contributed by atoms with Crippen LogP contribution in [0.1, 0.15) is 20.3 Å². The predicted molar refractivity (Wildman–Crippen MR) is 70.4 cm³/mol. The van der Waals surface area contributed by atoms with Gasteiger partial charge in [-0.3, -0.25) is 9.80 Å². The fourth-order valence-electron chi connectivity index (χ4n) is 2.93. The summed E-state index contributed by atoms with van der Waals surface area (Å²) >= 11 is 0. The van der Waals surface area contributed by atoms with Crippen LogP contribution in [0.5, 0.6) is 0 Å². The third kappa shape index (κ3) is 3.65. The monoisotopic (exact) mass is 241 g/mol. The van der Waals surface area contributed by atoms with E-state index in [1.54, 1.807) is 0 Å². The molecule has 2 rings (SSSR count). The van der Waals surface area contributed by atoms with Crippen molar-refractivity contribution in [3.63, 3.8) is 0 Å². The molecule has 0 spiro atoms. The van der Waals surface area contributed by atoms with Gasteiger partial charge in [-0.05, 0) is 26.1 Å². The second kappa shape index (κ2) is 6.69. The number of hydrogen-bond donors (Lipinski definition) is 1. The molecule has 0 aromatic rings. The van der Waals surface area contributed by atoms with Crippen LogP contribution in [0.2, 0.25) is 0 Å². The van der Waals surface area contributed by atoms with Gasteiger partial charge in [0.15, 0.2) is 0 Å². The lowest BCUT2D eigenvalue weighted by Gasteiger charge is -2.36. The van der Waals surface area contributed by atoms with E-state index in [0.717, 1.165) is 51.9 Å². The number of ether oxygens (including phenoxy) is 1. The Kier molecular flexibility index (Phi) is 5.22. The summed E-state index contributed by atoms with van der Waals surface area (Å²) < 4.78 is 5.90. The molecule has 2 saturated heterocycles. The molecule has 0 radical (unpaired) electrons. The van der Waals surface area contributed by atoms with E-state index in [0.29, 0.717) is 6.10 Å². The maximum Gasteiger partial charge on any atom is 0.0829 e. The molecule has 2 fully saturated rings. The van der Waals surface area contributed by atoms with Crippen molar-refractivity contribution in [1.82, 2.24) is 15.1 Å². The molecule has 17 heavy (non-hydrogen) atoms. The summed E-state index contributed by atoms with van der Waals surface area (Å²) in [7, 11) is 0. The molecule has 4 heteroatoms. The van der Waals surface area contributed by atoms with E-state index in [9.17, 15) is 0 Å². The highest BCUT2D eigenvalue weighted by Crippen LogP contribution is 2.12. The van der Waals surface area contributed by atoms with Crippen LogP contribution in [0.4, 0.5) is 0 Å². The van der Waals surface area contributed by atoms with Crippen molar-refractivity contribution >= 4 is 0 Å². The van der Waals surface area contributed by atoms with Crippen molar-refractivity contribution in [3.8, 4) is 0 Å². The van der Waals surface area contributed by atoms with Crippen LogP contribution in [0.25, 0.3) is 0 Å². The number of hydrogen-bond acceptors (Lipinski definition) is 4. The molecule has 2 aliphatic heterocycles. The largest absolute Gasteiger partial charge is 0.374 e. The molecule has 2 aliphatic rings. The van der Waals surface area contributed by atoms with Gasteiger partial charge in [-0.15, -0.1) is 0 Å². The molecular formula is C13H27N3O. The van der Waals surface area contributed by atoms with Gasteiger partial charge < -0.3 is 10.1 Å². The fourth-order valence-corrected chi connectivity index (χ4v) is 2.93. The Labute approximate surface area is 105 Å². The molecule has 0 aromatic heterocycles. The van der Waals surface area contributed by atoms with Crippen LogP contribution < -0.4 is 5.32 Å². The van der Waals surface area contributed by atoms with Gasteiger partial charge in [0.25, 0.3) is 0 Å². The number of morpholine rings is 1. The van der Waals surface area contributed by atoms with Crippen LogP contribution in [0.3, 0.4) is 0 Å². The lowest BCUT2D eigenvalue weighted by molar-refractivity contribution is -0.0455. The topological polar surface area (TPSA) is 27.7 Å². The molecule has 0 saturated carbocycles. The maximum absolute atomic E-state index is 5.90. The molecule has 0 aliphatic carbocycles. The molecule has 2 unspecified atom stereocenters. The highest BCUT2D eigenvalue weighted by atomic mass is 16.5. The SMILES string of the molecule is CCN1CCOC(CN(CC)C2CCNC2)C1. The molecule has 1 N–H and O–H groups in total. The van der Waals surface area contributed by atoms with Crippen LogP contribution in [0, 0.1) is 0 Å². The van der Waals surface area contributed by atoms with E-state index in [1.165, 1.54) is 13.0 Å². The van der Waals surface area contributed by atoms with Crippen LogP contribution in [-0.2, 0) is 4.74 Å². The van der Waals surface area contributed by atoms with Crippen molar-refractivity contribution in [2.75, 3.05) is 52.4 Å². The van der Waals surface area contributed by atoms with E-state index < -0.39 is 0 Å². The van der Waals surface area contributed by atoms with Gasteiger partial charge >= 0.3 is 0 Å². The smallest absolute Gasteiger partial charge is 0.0829 e. The summed E-state index contributed by atoms with van der Waals surface area (Å²) in [6.07, 6.45) is 1.70. The zero-order valence-electron chi connectivity index (χ0n) is 11.3. The van der Waals surface area contributed by atoms with Crippen molar-refractivity contribution in [2.24, 2.45) is 0 Å². The quantitative estimate of drug-likeness (QED) is 0.754. The molecule has 0 aromatic carbocycles. The second-order valence-electron chi connectivity index (χ2n) is 5.12. The Morgan fingerprint density at radius 3 is 2.94 bits per heavy atom. The van der Waals surface area contributed by atoms with Crippen molar-refractivity contribution in [2.45, 2.75) is 32.4 Å². The van der Waals surface area contributed by atoms with Gasteiger partial charge in [-0.1, -0.05) is 13.8 Å². The Morgan fingerprint density at radius 2 is 2.29 bits per heavy atom. The number of rotatable bonds is 5. The van der Waals surface area contributed by atoms with Gasteiger partial charge in [0.1, 0.15) is 0 Å². The van der Waals surface area contributed by atoms with Crippen molar-refractivity contribution in [3.05, 3.63) is 0 Å². The molecule has 100 valence electrons. The third-order valence-corrected chi connectivity index (χ3v) is 4.07. The molecule has 4 nitrogen and oxygen atoms in total. The zero-order chi connectivity index (χ0) is 12.1. The first-order valence-electron chi connectivity index (χ1n) is 7.12. The van der Waals surface area contributed by atoms with Crippen LogP contribution >= 0.6 is 0 Å². The Morgan fingerprint density at radius 1 is 1.41 bits per heavy atom. The first-order valence-corrected chi connectivity index (χ1v) is 7.12. The van der Waals surface area contributed by atoms with E-state index in [2.05, 4.69) is 29.0 Å². The minimum absolute atomic E-state index is 0.407. The number of nitrogens with one attached hydrogen (secondary N) is 1. The normalized spacial score (nSPS) is 31.2. The van der Waals surface area contributed by atoms with Gasteiger partial charge in [0.2, 0.25) is 0 Å². The van der Waals surface area contributed by atoms with Gasteiger partial charge in [0, 0.05) is 32.2 Å². The van der Waals surface area contributed by atoms with E-state index in [1.807, 2.05) is 0 Å². The summed E-state index contributed by atoms with van der Waals surface area (Å²) in [4.78, 5) is 5.08. The molecule has 0 bridgehead atoms. The second-order valence-corrected chi connectivity index (χ2v) is 5.12. The summed E-state index contributed by atoms with van der Waals surface area (Å²) in [6, 6.07) is 0.723. The lowest BCUT2D eigenvalue weighted by atomic mass is 10.2. The van der Waals surface area contributed by atoms with Gasteiger partial charge in [0.05, 0.1) is 12.7 Å². The minimum atomic E-state index is 0.407. The van der Waals surface area contributed by atoms with E-state index in [-0.39, 0.29) is 0 Å². The Bertz CT molecular complexity index is 219. The van der Waals surface area contributed by atoms with Crippen molar-refractivity contribution in [1.29, 1.82) is 0 Å². The van der Waals surface area contributed by atoms with Crippen molar-refractivity contribution < 1.29 is 4.74 Å².